The fraction of sp³-hybridized carbons (Fsp3) is 0.786. The number of ether oxygens (including phenoxy) is 3. The topological polar surface area (TPSA) is 78.9 Å². The third-order valence-corrected chi connectivity index (χ3v) is 4.24. The Morgan fingerprint density at radius 2 is 1.57 bits per heavy atom. The van der Waals surface area contributed by atoms with Crippen LogP contribution in [0.3, 0.4) is 0 Å². The minimum absolute atomic E-state index is 0.132. The van der Waals surface area contributed by atoms with Gasteiger partial charge in [-0.2, -0.15) is 0 Å². The average molecular weight is 318 g/mol. The maximum Gasteiger partial charge on any atom is 0.303 e. The Balaban J connectivity index is 3.05. The first kappa shape index (κ1) is 18.0. The van der Waals surface area contributed by atoms with Gasteiger partial charge in [-0.15, -0.1) is 0 Å². The van der Waals surface area contributed by atoms with E-state index in [9.17, 15) is 14.4 Å². The Bertz CT molecular complexity index is 410. The van der Waals surface area contributed by atoms with Crippen molar-refractivity contribution in [3.8, 4) is 0 Å². The van der Waals surface area contributed by atoms with Gasteiger partial charge in [0.25, 0.3) is 0 Å². The molecule has 1 saturated heterocycles. The lowest BCUT2D eigenvalue weighted by Crippen LogP contribution is -2.55. The maximum atomic E-state index is 11.4. The molecule has 21 heavy (non-hydrogen) atoms. The Labute approximate surface area is 128 Å². The van der Waals surface area contributed by atoms with Crippen molar-refractivity contribution >= 4 is 28.8 Å². The van der Waals surface area contributed by atoms with E-state index >= 15 is 0 Å². The zero-order valence-electron chi connectivity index (χ0n) is 13.0. The molecule has 1 rings (SSSR count). The summed E-state index contributed by atoms with van der Waals surface area (Å²) in [7, 11) is 0. The van der Waals surface area contributed by atoms with Gasteiger partial charge in [-0.05, 0) is 6.42 Å². The fourth-order valence-corrected chi connectivity index (χ4v) is 3.32. The van der Waals surface area contributed by atoms with Gasteiger partial charge in [0.2, 0.25) is 0 Å². The molecule has 1 aliphatic heterocycles. The van der Waals surface area contributed by atoms with Gasteiger partial charge in [0.1, 0.15) is 6.10 Å². The zero-order chi connectivity index (χ0) is 16.2. The summed E-state index contributed by atoms with van der Waals surface area (Å²) in [6.07, 6.45) is -0.876. The lowest BCUT2D eigenvalue weighted by Gasteiger charge is -2.43. The summed E-state index contributed by atoms with van der Waals surface area (Å²) in [6.45, 7) is 7.83. The first-order chi connectivity index (χ1) is 9.76. The van der Waals surface area contributed by atoms with Crippen LogP contribution in [0.1, 0.15) is 41.0 Å². The molecule has 0 aliphatic carbocycles. The predicted octanol–water partition coefficient (Wildman–Crippen LogP) is 1.90. The maximum absolute atomic E-state index is 11.4. The van der Waals surface area contributed by atoms with Gasteiger partial charge in [-0.25, -0.2) is 0 Å². The monoisotopic (exact) mass is 318 g/mol. The molecule has 6 nitrogen and oxygen atoms in total. The van der Waals surface area contributed by atoms with Crippen LogP contribution in [0.4, 0.5) is 0 Å². The normalized spacial score (nSPS) is 32.3. The van der Waals surface area contributed by atoms with Crippen LogP contribution in [0, 0.1) is 5.92 Å². The summed E-state index contributed by atoms with van der Waals surface area (Å²) in [5.74, 6) is -1.09. The zero-order valence-corrected chi connectivity index (χ0v) is 13.8. The highest BCUT2D eigenvalue weighted by atomic mass is 32.2. The number of hydrogen-bond donors (Lipinski definition) is 0. The third kappa shape index (κ3) is 5.00. The summed E-state index contributed by atoms with van der Waals surface area (Å²) in [6, 6.07) is 0. The van der Waals surface area contributed by atoms with Crippen molar-refractivity contribution < 1.29 is 28.6 Å². The van der Waals surface area contributed by atoms with Crippen molar-refractivity contribution in [3.63, 3.8) is 0 Å². The quantitative estimate of drug-likeness (QED) is 0.732. The molecule has 1 heterocycles. The summed E-state index contributed by atoms with van der Waals surface area (Å²) in [5.41, 5.74) is -0.670. The van der Waals surface area contributed by atoms with Crippen LogP contribution in [0.2, 0.25) is 0 Å². The van der Waals surface area contributed by atoms with Crippen LogP contribution in [-0.2, 0) is 28.6 Å². The SMILES string of the molecule is CC[C@H]1OC(SC(C)=O)[C@H](OC(C)=O)[C@@H](OC(C)=O)[C@@H]1C. The second-order valence-corrected chi connectivity index (χ2v) is 6.34. The first-order valence-electron chi connectivity index (χ1n) is 6.93. The number of hydrogen-bond acceptors (Lipinski definition) is 7. The van der Waals surface area contributed by atoms with E-state index < -0.39 is 29.6 Å². The first-order valence-corrected chi connectivity index (χ1v) is 7.81. The van der Waals surface area contributed by atoms with E-state index in [4.69, 9.17) is 14.2 Å². The van der Waals surface area contributed by atoms with Crippen molar-refractivity contribution in [2.24, 2.45) is 5.92 Å². The molecular formula is C14H22O6S. The molecule has 120 valence electrons. The Kier molecular flexibility index (Phi) is 6.67. The van der Waals surface area contributed by atoms with Crippen molar-refractivity contribution in [2.45, 2.75) is 64.8 Å². The van der Waals surface area contributed by atoms with Crippen LogP contribution in [0.15, 0.2) is 0 Å². The van der Waals surface area contributed by atoms with Crippen LogP contribution in [0.5, 0.6) is 0 Å². The average Bonchev–Trinajstić information content (AvgIpc) is 2.35. The molecule has 0 radical (unpaired) electrons. The van der Waals surface area contributed by atoms with Gasteiger partial charge in [-0.1, -0.05) is 25.6 Å². The molecular weight excluding hydrogens is 296 g/mol. The second kappa shape index (κ2) is 7.79. The van der Waals surface area contributed by atoms with Gasteiger partial charge in [0.15, 0.2) is 16.7 Å². The predicted molar refractivity (Wildman–Crippen MR) is 77.5 cm³/mol. The molecule has 0 aromatic heterocycles. The summed E-state index contributed by atoms with van der Waals surface area (Å²) in [5, 5.41) is -0.150. The molecule has 1 fully saturated rings. The highest BCUT2D eigenvalue weighted by Crippen LogP contribution is 2.36. The van der Waals surface area contributed by atoms with Crippen LogP contribution >= 0.6 is 11.8 Å². The van der Waals surface area contributed by atoms with Crippen LogP contribution < -0.4 is 0 Å². The standard InChI is InChI=1S/C14H22O6S/c1-6-11-7(2)12(18-8(3)15)13(19-9(4)16)14(20-11)21-10(5)17/h7,11-14H,6H2,1-5H3/t7-,11-,12+,13-,14?/m1/s1. The van der Waals surface area contributed by atoms with Gasteiger partial charge in [0, 0.05) is 26.7 Å². The lowest BCUT2D eigenvalue weighted by molar-refractivity contribution is -0.207. The lowest BCUT2D eigenvalue weighted by atomic mass is 9.89. The smallest absolute Gasteiger partial charge is 0.303 e. The third-order valence-electron chi connectivity index (χ3n) is 3.29. The van der Waals surface area contributed by atoms with E-state index in [-0.39, 0.29) is 17.1 Å². The van der Waals surface area contributed by atoms with Gasteiger partial charge >= 0.3 is 11.9 Å². The van der Waals surface area contributed by atoms with Crippen molar-refractivity contribution in [2.75, 3.05) is 0 Å². The van der Waals surface area contributed by atoms with E-state index in [1.165, 1.54) is 20.8 Å². The number of esters is 2. The summed E-state index contributed by atoms with van der Waals surface area (Å²) >= 11 is 0.948. The molecule has 1 aliphatic rings. The Morgan fingerprint density at radius 1 is 1.05 bits per heavy atom. The van der Waals surface area contributed by atoms with E-state index in [2.05, 4.69) is 0 Å². The minimum Gasteiger partial charge on any atom is -0.458 e. The van der Waals surface area contributed by atoms with E-state index in [0.29, 0.717) is 6.42 Å². The molecule has 0 bridgehead atoms. The second-order valence-electron chi connectivity index (χ2n) is 5.07. The molecule has 0 aromatic carbocycles. The molecule has 0 saturated carbocycles. The van der Waals surface area contributed by atoms with Gasteiger partial charge < -0.3 is 14.2 Å². The molecule has 0 amide bonds. The van der Waals surface area contributed by atoms with E-state index in [1.807, 2.05) is 13.8 Å². The summed E-state index contributed by atoms with van der Waals surface area (Å²) < 4.78 is 16.5. The van der Waals surface area contributed by atoms with E-state index in [0.717, 1.165) is 11.8 Å². The Morgan fingerprint density at radius 3 is 2.00 bits per heavy atom. The number of thioether (sulfide) groups is 1. The van der Waals surface area contributed by atoms with Crippen molar-refractivity contribution in [1.82, 2.24) is 0 Å². The number of carbonyl (C=O) groups is 3. The van der Waals surface area contributed by atoms with Crippen molar-refractivity contribution in [1.29, 1.82) is 0 Å². The van der Waals surface area contributed by atoms with Crippen molar-refractivity contribution in [3.05, 3.63) is 0 Å². The molecule has 7 heteroatoms. The molecule has 1 unspecified atom stereocenters. The minimum atomic E-state index is -0.793. The van der Waals surface area contributed by atoms with E-state index in [1.54, 1.807) is 0 Å². The molecule has 0 N–H and O–H groups in total. The number of carbonyl (C=O) groups excluding carboxylic acids is 3. The largest absolute Gasteiger partial charge is 0.458 e. The molecule has 0 aromatic rings. The summed E-state index contributed by atoms with van der Waals surface area (Å²) in [4.78, 5) is 34.0. The molecule has 5 atom stereocenters. The van der Waals surface area contributed by atoms with Gasteiger partial charge in [0.05, 0.1) is 6.10 Å². The van der Waals surface area contributed by atoms with Crippen LogP contribution in [-0.4, -0.2) is 40.8 Å². The molecule has 0 spiro atoms. The Hall–Kier alpha value is -1.08. The van der Waals surface area contributed by atoms with Crippen LogP contribution in [0.25, 0.3) is 0 Å². The highest BCUT2D eigenvalue weighted by Gasteiger charge is 2.47. The highest BCUT2D eigenvalue weighted by molar-refractivity contribution is 8.14. The fourth-order valence-electron chi connectivity index (χ4n) is 2.45. The van der Waals surface area contributed by atoms with Gasteiger partial charge in [-0.3, -0.25) is 14.4 Å². The number of rotatable bonds is 4.